The first kappa shape index (κ1) is 24.1. The van der Waals surface area contributed by atoms with Gasteiger partial charge in [-0.3, -0.25) is 14.2 Å². The van der Waals surface area contributed by atoms with Gasteiger partial charge in [-0.25, -0.2) is 21.2 Å². The molecule has 182 valence electrons. The molecule has 1 aromatic heterocycles. The summed E-state index contributed by atoms with van der Waals surface area (Å²) in [5, 5.41) is 14.4. The van der Waals surface area contributed by atoms with Crippen LogP contribution >= 0.6 is 0 Å². The number of phenols is 1. The molecule has 0 radical (unpaired) electrons. The van der Waals surface area contributed by atoms with Gasteiger partial charge in [0.25, 0.3) is 0 Å². The monoisotopic (exact) mass is 510 g/mol. The molecular formula is C21H23FN4O6S2. The van der Waals surface area contributed by atoms with E-state index in [-0.39, 0.29) is 41.8 Å². The lowest BCUT2D eigenvalue weighted by Gasteiger charge is -2.17. The van der Waals surface area contributed by atoms with Crippen molar-refractivity contribution in [1.29, 1.82) is 0 Å². The van der Waals surface area contributed by atoms with Crippen molar-refractivity contribution in [3.63, 3.8) is 0 Å². The van der Waals surface area contributed by atoms with E-state index in [9.17, 15) is 31.1 Å². The van der Waals surface area contributed by atoms with Crippen LogP contribution < -0.4 is 4.72 Å². The van der Waals surface area contributed by atoms with E-state index in [0.29, 0.717) is 10.9 Å². The zero-order chi connectivity index (χ0) is 24.8. The Morgan fingerprint density at radius 1 is 1.15 bits per heavy atom. The van der Waals surface area contributed by atoms with Gasteiger partial charge < -0.3 is 5.11 Å². The highest BCUT2D eigenvalue weighted by molar-refractivity contribution is 7.89. The summed E-state index contributed by atoms with van der Waals surface area (Å²) in [7, 11) is -7.60. The maximum absolute atomic E-state index is 14.1. The van der Waals surface area contributed by atoms with E-state index >= 15 is 0 Å². The number of carbonyl (C=O) groups is 1. The average molecular weight is 511 g/mol. The van der Waals surface area contributed by atoms with E-state index in [0.717, 1.165) is 6.26 Å². The van der Waals surface area contributed by atoms with Crippen molar-refractivity contribution in [3.8, 4) is 5.75 Å². The van der Waals surface area contributed by atoms with E-state index in [1.54, 1.807) is 0 Å². The lowest BCUT2D eigenvalue weighted by molar-refractivity contribution is -0.118. The summed E-state index contributed by atoms with van der Waals surface area (Å²) in [4.78, 5) is 12.2. The molecule has 2 aromatic carbocycles. The van der Waals surface area contributed by atoms with Crippen molar-refractivity contribution in [2.24, 2.45) is 5.92 Å². The van der Waals surface area contributed by atoms with Gasteiger partial charge in [0.15, 0.2) is 0 Å². The van der Waals surface area contributed by atoms with Crippen LogP contribution in [0.15, 0.2) is 47.4 Å². The Bertz CT molecular complexity index is 1470. The average Bonchev–Trinajstić information content (AvgIpc) is 3.27. The third-order valence-corrected chi connectivity index (χ3v) is 8.15. The van der Waals surface area contributed by atoms with Crippen molar-refractivity contribution in [1.82, 2.24) is 18.8 Å². The molecule has 1 aliphatic rings. The minimum absolute atomic E-state index is 0.0349. The normalized spacial score (nSPS) is 19.5. The van der Waals surface area contributed by atoms with Crippen LogP contribution in [0.2, 0.25) is 0 Å². The maximum atomic E-state index is 14.1. The standard InChI is InChI=1S/C21H23FN4O6S2/c1-13-11-25(34(31,32)16-6-4-15(27)5-7-16)12-20(13)26-19-9-14(22)3-8-17(19)18(23-26)10-21(28)24-33(2,29)30/h3-9,13,20,27H,10-12H2,1-2H3,(H,24,28)/t13-,20+/m1/s1. The molecular weight excluding hydrogens is 487 g/mol. The number of nitrogens with zero attached hydrogens (tertiary/aromatic N) is 3. The molecule has 0 spiro atoms. The summed E-state index contributed by atoms with van der Waals surface area (Å²) in [5.41, 5.74) is 0.631. The van der Waals surface area contributed by atoms with Crippen molar-refractivity contribution in [2.75, 3.05) is 19.3 Å². The predicted molar refractivity (Wildman–Crippen MR) is 121 cm³/mol. The number of rotatable bonds is 6. The molecule has 0 unspecified atom stereocenters. The fourth-order valence-corrected chi connectivity index (χ4v) is 6.19. The topological polar surface area (TPSA) is 139 Å². The van der Waals surface area contributed by atoms with E-state index in [1.165, 1.54) is 51.5 Å². The molecule has 0 saturated carbocycles. The SMILES string of the molecule is C[C@@H]1CN(S(=O)(=O)c2ccc(O)cc2)C[C@@H]1n1nc(CC(=O)NS(C)(=O)=O)c2ccc(F)cc21. The Labute approximate surface area is 196 Å². The van der Waals surface area contributed by atoms with Gasteiger partial charge in [0, 0.05) is 18.5 Å². The van der Waals surface area contributed by atoms with Gasteiger partial charge in [0.2, 0.25) is 26.0 Å². The zero-order valence-corrected chi connectivity index (χ0v) is 20.0. The van der Waals surface area contributed by atoms with Gasteiger partial charge in [0.1, 0.15) is 11.6 Å². The first-order valence-corrected chi connectivity index (χ1v) is 13.6. The van der Waals surface area contributed by atoms with E-state index in [4.69, 9.17) is 0 Å². The third-order valence-electron chi connectivity index (χ3n) is 5.70. The van der Waals surface area contributed by atoms with Gasteiger partial charge >= 0.3 is 0 Å². The number of carbonyl (C=O) groups excluding carboxylic acids is 1. The maximum Gasteiger partial charge on any atom is 0.243 e. The van der Waals surface area contributed by atoms with Crippen LogP contribution in [0.3, 0.4) is 0 Å². The highest BCUT2D eigenvalue weighted by Gasteiger charge is 2.39. The summed E-state index contributed by atoms with van der Waals surface area (Å²) >= 11 is 0. The number of aromatic nitrogens is 2. The molecule has 1 saturated heterocycles. The Kier molecular flexibility index (Phi) is 6.12. The second kappa shape index (κ2) is 8.64. The van der Waals surface area contributed by atoms with Crippen LogP contribution in [0.1, 0.15) is 18.7 Å². The number of hydrogen-bond acceptors (Lipinski definition) is 7. The van der Waals surface area contributed by atoms with Gasteiger partial charge in [-0.15, -0.1) is 0 Å². The molecule has 2 N–H and O–H groups in total. The highest BCUT2D eigenvalue weighted by atomic mass is 32.2. The molecule has 34 heavy (non-hydrogen) atoms. The number of phenolic OH excluding ortho intramolecular Hbond substituents is 1. The molecule has 4 rings (SSSR count). The second-order valence-electron chi connectivity index (χ2n) is 8.39. The lowest BCUT2D eigenvalue weighted by atomic mass is 10.1. The number of halogens is 1. The quantitative estimate of drug-likeness (QED) is 0.511. The van der Waals surface area contributed by atoms with Gasteiger partial charge in [-0.1, -0.05) is 6.92 Å². The smallest absolute Gasteiger partial charge is 0.243 e. The van der Waals surface area contributed by atoms with Crippen LogP contribution in [0.5, 0.6) is 5.75 Å². The fourth-order valence-electron chi connectivity index (χ4n) is 4.14. The minimum atomic E-state index is -3.85. The van der Waals surface area contributed by atoms with Crippen LogP contribution in [-0.4, -0.2) is 61.3 Å². The minimum Gasteiger partial charge on any atom is -0.508 e. The van der Waals surface area contributed by atoms with Crippen molar-refractivity contribution < 1.29 is 31.1 Å². The van der Waals surface area contributed by atoms with Crippen LogP contribution in [-0.2, 0) is 31.3 Å². The van der Waals surface area contributed by atoms with E-state index in [1.807, 2.05) is 11.6 Å². The molecule has 13 heteroatoms. The first-order valence-electron chi connectivity index (χ1n) is 10.3. The molecule has 1 amide bonds. The predicted octanol–water partition coefficient (Wildman–Crippen LogP) is 1.38. The summed E-state index contributed by atoms with van der Waals surface area (Å²) in [5.74, 6) is -1.56. The first-order chi connectivity index (χ1) is 15.8. The Balaban J connectivity index is 1.68. The number of sulfonamides is 2. The molecule has 2 atom stereocenters. The molecule has 1 fully saturated rings. The number of hydrogen-bond donors (Lipinski definition) is 2. The molecule has 1 aliphatic heterocycles. The molecule has 3 aromatic rings. The molecule has 10 nitrogen and oxygen atoms in total. The Hall–Kier alpha value is -3.03. The lowest BCUT2D eigenvalue weighted by Crippen LogP contribution is -2.31. The molecule has 2 heterocycles. The largest absolute Gasteiger partial charge is 0.508 e. The van der Waals surface area contributed by atoms with E-state index < -0.39 is 37.8 Å². The van der Waals surface area contributed by atoms with Crippen LogP contribution in [0.4, 0.5) is 4.39 Å². The number of fused-ring (bicyclic) bond motifs is 1. The van der Waals surface area contributed by atoms with Crippen molar-refractivity contribution in [2.45, 2.75) is 24.3 Å². The summed E-state index contributed by atoms with van der Waals surface area (Å²) in [6, 6.07) is 8.70. The number of amides is 1. The fraction of sp³-hybridized carbons (Fsp3) is 0.333. The van der Waals surface area contributed by atoms with Crippen molar-refractivity contribution >= 4 is 36.9 Å². The third kappa shape index (κ3) is 4.76. The van der Waals surface area contributed by atoms with Crippen LogP contribution in [0, 0.1) is 11.7 Å². The zero-order valence-electron chi connectivity index (χ0n) is 18.3. The summed E-state index contributed by atoms with van der Waals surface area (Å²) < 4.78 is 67.8. The molecule has 0 aliphatic carbocycles. The number of aromatic hydroxyl groups is 1. The van der Waals surface area contributed by atoms with E-state index in [2.05, 4.69) is 5.10 Å². The Morgan fingerprint density at radius 2 is 1.82 bits per heavy atom. The van der Waals surface area contributed by atoms with Gasteiger partial charge in [0.05, 0.1) is 34.8 Å². The number of benzene rings is 2. The number of nitrogens with one attached hydrogen (secondary N) is 1. The summed E-state index contributed by atoms with van der Waals surface area (Å²) in [6.07, 6.45) is 0.513. The summed E-state index contributed by atoms with van der Waals surface area (Å²) in [6.45, 7) is 2.10. The Morgan fingerprint density at radius 3 is 2.47 bits per heavy atom. The van der Waals surface area contributed by atoms with Crippen molar-refractivity contribution in [3.05, 3.63) is 54.0 Å². The molecule has 0 bridgehead atoms. The van der Waals surface area contributed by atoms with Crippen LogP contribution in [0.25, 0.3) is 10.9 Å². The second-order valence-corrected chi connectivity index (χ2v) is 12.1. The van der Waals surface area contributed by atoms with Gasteiger partial charge in [-0.2, -0.15) is 9.40 Å². The van der Waals surface area contributed by atoms with Gasteiger partial charge in [-0.05, 0) is 48.4 Å². The highest BCUT2D eigenvalue weighted by Crippen LogP contribution is 2.35.